The van der Waals surface area contributed by atoms with Gasteiger partial charge < -0.3 is 20.4 Å². The van der Waals surface area contributed by atoms with Crippen LogP contribution in [-0.2, 0) is 4.79 Å². The molecule has 0 saturated heterocycles. The van der Waals surface area contributed by atoms with Crippen LogP contribution in [0.15, 0.2) is 0 Å². The quantitative estimate of drug-likeness (QED) is 0.466. The van der Waals surface area contributed by atoms with E-state index in [1.807, 2.05) is 6.92 Å². The van der Waals surface area contributed by atoms with E-state index < -0.39 is 24.3 Å². The Kier molecular flexibility index (Phi) is 8.15. The molecule has 0 heterocycles. The summed E-state index contributed by atoms with van der Waals surface area (Å²) in [7, 11) is 0. The Morgan fingerprint density at radius 1 is 0.938 bits per heavy atom. The highest BCUT2D eigenvalue weighted by atomic mass is 16.4. The number of hydrogen-bond acceptors (Lipinski definition) is 4. The highest BCUT2D eigenvalue weighted by molar-refractivity contribution is 5.67. The van der Waals surface area contributed by atoms with Crippen molar-refractivity contribution in [1.29, 1.82) is 0 Å². The Bertz CT molecular complexity index is 195. The largest absolute Gasteiger partial charge is 0.481 e. The first kappa shape index (κ1) is 15.3. The van der Waals surface area contributed by atoms with Gasteiger partial charge in [-0.25, -0.2) is 0 Å². The first-order chi connectivity index (χ1) is 7.45. The lowest BCUT2D eigenvalue weighted by molar-refractivity contribution is -0.139. The van der Waals surface area contributed by atoms with Crippen molar-refractivity contribution < 1.29 is 25.2 Å². The highest BCUT2D eigenvalue weighted by Crippen LogP contribution is 2.11. The summed E-state index contributed by atoms with van der Waals surface area (Å²) in [5.74, 6) is -1.04. The molecule has 3 atom stereocenters. The summed E-state index contributed by atoms with van der Waals surface area (Å²) in [6, 6.07) is 0. The smallest absolute Gasteiger partial charge is 0.305 e. The summed E-state index contributed by atoms with van der Waals surface area (Å²) in [4.78, 5) is 10.3. The van der Waals surface area contributed by atoms with Crippen molar-refractivity contribution in [3.05, 3.63) is 0 Å². The summed E-state index contributed by atoms with van der Waals surface area (Å²) in [5.41, 5.74) is 0. The van der Waals surface area contributed by atoms with Crippen LogP contribution in [0.4, 0.5) is 0 Å². The Morgan fingerprint density at radius 3 is 1.81 bits per heavy atom. The summed E-state index contributed by atoms with van der Waals surface area (Å²) < 4.78 is 0. The number of carboxylic acids is 1. The highest BCUT2D eigenvalue weighted by Gasteiger charge is 2.13. The monoisotopic (exact) mass is 234 g/mol. The number of hydrogen-bond donors (Lipinski definition) is 4. The third kappa shape index (κ3) is 8.64. The molecule has 4 N–H and O–H groups in total. The molecule has 0 radical (unpaired) electrons. The number of carboxylic acid groups (broad SMARTS) is 1. The molecule has 3 unspecified atom stereocenters. The van der Waals surface area contributed by atoms with Gasteiger partial charge in [0.15, 0.2) is 0 Å². The predicted molar refractivity (Wildman–Crippen MR) is 59.0 cm³/mol. The fourth-order valence-electron chi connectivity index (χ4n) is 1.42. The second-order valence-electron chi connectivity index (χ2n) is 4.12. The Hall–Kier alpha value is -0.650. The lowest BCUT2D eigenvalue weighted by Gasteiger charge is -2.14. The molecule has 0 spiro atoms. The van der Waals surface area contributed by atoms with Crippen LogP contribution >= 0.6 is 0 Å². The van der Waals surface area contributed by atoms with Crippen molar-refractivity contribution in [3.63, 3.8) is 0 Å². The molecule has 5 nitrogen and oxygen atoms in total. The summed E-state index contributed by atoms with van der Waals surface area (Å²) >= 11 is 0. The van der Waals surface area contributed by atoms with Gasteiger partial charge >= 0.3 is 5.97 Å². The first-order valence-electron chi connectivity index (χ1n) is 5.71. The average Bonchev–Trinajstić information content (AvgIpc) is 2.22. The SMILES string of the molecule is CCC(O)CCC(O)CCC(O)CC(=O)O. The van der Waals surface area contributed by atoms with Crippen molar-refractivity contribution in [2.24, 2.45) is 0 Å². The zero-order valence-electron chi connectivity index (χ0n) is 9.67. The fourth-order valence-corrected chi connectivity index (χ4v) is 1.42. The molecule has 0 aliphatic heterocycles. The van der Waals surface area contributed by atoms with Crippen LogP contribution in [0.1, 0.15) is 45.4 Å². The van der Waals surface area contributed by atoms with Gasteiger partial charge in [0.25, 0.3) is 0 Å². The molecule has 0 bridgehead atoms. The zero-order valence-corrected chi connectivity index (χ0v) is 9.67. The molecular weight excluding hydrogens is 212 g/mol. The maximum atomic E-state index is 10.3. The Morgan fingerprint density at radius 2 is 1.38 bits per heavy atom. The predicted octanol–water partition coefficient (Wildman–Crippen LogP) is 0.514. The molecular formula is C11H22O5. The van der Waals surface area contributed by atoms with Gasteiger partial charge in [0.1, 0.15) is 0 Å². The van der Waals surface area contributed by atoms with Crippen LogP contribution in [0.3, 0.4) is 0 Å². The second kappa shape index (κ2) is 8.50. The van der Waals surface area contributed by atoms with E-state index in [-0.39, 0.29) is 12.8 Å². The Labute approximate surface area is 95.7 Å². The van der Waals surface area contributed by atoms with Crippen LogP contribution in [0.25, 0.3) is 0 Å². The molecule has 0 amide bonds. The van der Waals surface area contributed by atoms with Gasteiger partial charge in [0.2, 0.25) is 0 Å². The normalized spacial score (nSPS) is 16.8. The minimum absolute atomic E-state index is 0.273. The molecule has 5 heteroatoms. The van der Waals surface area contributed by atoms with Gasteiger partial charge in [-0.3, -0.25) is 4.79 Å². The topological polar surface area (TPSA) is 98.0 Å². The van der Waals surface area contributed by atoms with E-state index >= 15 is 0 Å². The number of carbonyl (C=O) groups is 1. The number of aliphatic hydroxyl groups excluding tert-OH is 3. The molecule has 0 aromatic heterocycles. The summed E-state index contributed by atoms with van der Waals surface area (Å²) in [6.07, 6.45) is 0.160. The van der Waals surface area contributed by atoms with Crippen molar-refractivity contribution in [2.75, 3.05) is 0 Å². The van der Waals surface area contributed by atoms with Crippen LogP contribution in [0.2, 0.25) is 0 Å². The van der Waals surface area contributed by atoms with Crippen LogP contribution in [0, 0.1) is 0 Å². The van der Waals surface area contributed by atoms with Gasteiger partial charge in [-0.15, -0.1) is 0 Å². The van der Waals surface area contributed by atoms with E-state index in [4.69, 9.17) is 5.11 Å². The van der Waals surface area contributed by atoms with Crippen LogP contribution in [0.5, 0.6) is 0 Å². The minimum Gasteiger partial charge on any atom is -0.481 e. The van der Waals surface area contributed by atoms with Gasteiger partial charge in [-0.2, -0.15) is 0 Å². The molecule has 0 aromatic rings. The number of aliphatic carboxylic acids is 1. The maximum absolute atomic E-state index is 10.3. The van der Waals surface area contributed by atoms with E-state index in [0.717, 1.165) is 0 Å². The molecule has 0 saturated carbocycles. The van der Waals surface area contributed by atoms with Gasteiger partial charge in [0, 0.05) is 0 Å². The van der Waals surface area contributed by atoms with E-state index in [2.05, 4.69) is 0 Å². The molecule has 0 rings (SSSR count). The van der Waals surface area contributed by atoms with Gasteiger partial charge in [-0.1, -0.05) is 6.92 Å². The van der Waals surface area contributed by atoms with Crippen molar-refractivity contribution in [1.82, 2.24) is 0 Å². The molecule has 96 valence electrons. The van der Waals surface area contributed by atoms with Crippen molar-refractivity contribution >= 4 is 5.97 Å². The third-order valence-corrected chi connectivity index (χ3v) is 2.55. The molecule has 0 fully saturated rings. The molecule has 16 heavy (non-hydrogen) atoms. The maximum Gasteiger partial charge on any atom is 0.305 e. The summed E-state index contributed by atoms with van der Waals surface area (Å²) in [6.45, 7) is 1.87. The second-order valence-corrected chi connectivity index (χ2v) is 4.12. The fraction of sp³-hybridized carbons (Fsp3) is 0.909. The van der Waals surface area contributed by atoms with E-state index in [9.17, 15) is 20.1 Å². The molecule has 0 aliphatic rings. The van der Waals surface area contributed by atoms with E-state index in [0.29, 0.717) is 25.7 Å². The number of aliphatic hydroxyl groups is 3. The minimum atomic E-state index is -1.04. The standard InChI is InChI=1S/C11H22O5/c1-2-8(12)3-4-9(13)5-6-10(14)7-11(15)16/h8-10,12-14H,2-7H2,1H3,(H,15,16). The third-order valence-electron chi connectivity index (χ3n) is 2.55. The van der Waals surface area contributed by atoms with E-state index in [1.165, 1.54) is 0 Å². The molecule has 0 aliphatic carbocycles. The lowest BCUT2D eigenvalue weighted by atomic mass is 10.0. The summed E-state index contributed by atoms with van der Waals surface area (Å²) in [5, 5.41) is 36.4. The van der Waals surface area contributed by atoms with Gasteiger partial charge in [-0.05, 0) is 32.1 Å². The lowest BCUT2D eigenvalue weighted by Crippen LogP contribution is -2.17. The first-order valence-corrected chi connectivity index (χ1v) is 5.71. The number of rotatable bonds is 9. The van der Waals surface area contributed by atoms with Crippen LogP contribution < -0.4 is 0 Å². The average molecular weight is 234 g/mol. The van der Waals surface area contributed by atoms with E-state index in [1.54, 1.807) is 0 Å². The van der Waals surface area contributed by atoms with Crippen molar-refractivity contribution in [3.8, 4) is 0 Å². The van der Waals surface area contributed by atoms with Crippen LogP contribution in [-0.4, -0.2) is 44.7 Å². The van der Waals surface area contributed by atoms with Crippen molar-refractivity contribution in [2.45, 2.75) is 63.8 Å². The Balaban J connectivity index is 3.56. The molecule has 0 aromatic carbocycles. The van der Waals surface area contributed by atoms with Gasteiger partial charge in [0.05, 0.1) is 24.7 Å². The zero-order chi connectivity index (χ0) is 12.6.